The summed E-state index contributed by atoms with van der Waals surface area (Å²) in [5.74, 6) is -0.275. The largest absolute Gasteiger partial charge is 0.427 e. The van der Waals surface area contributed by atoms with Crippen molar-refractivity contribution in [1.82, 2.24) is 0 Å². The van der Waals surface area contributed by atoms with E-state index in [-0.39, 0.29) is 5.97 Å². The van der Waals surface area contributed by atoms with E-state index in [1.54, 1.807) is 6.92 Å². The zero-order valence-corrected chi connectivity index (χ0v) is 12.4. The van der Waals surface area contributed by atoms with Gasteiger partial charge in [0, 0.05) is 5.57 Å². The van der Waals surface area contributed by atoms with Crippen LogP contribution in [0.2, 0.25) is 0 Å². The van der Waals surface area contributed by atoms with Crippen LogP contribution in [-0.2, 0) is 15.7 Å². The Morgan fingerprint density at radius 2 is 1.94 bits per heavy atom. The Labute approximate surface area is 110 Å². The molecule has 0 amide bonds. The summed E-state index contributed by atoms with van der Waals surface area (Å²) in [5, 5.41) is 0. The van der Waals surface area contributed by atoms with Crippen LogP contribution >= 0.6 is 7.26 Å². The zero-order chi connectivity index (χ0) is 13.6. The van der Waals surface area contributed by atoms with Gasteiger partial charge in [0.05, 0.1) is 26.3 Å². The van der Waals surface area contributed by atoms with E-state index in [1.807, 2.05) is 6.07 Å². The number of hydrogen-bond acceptors (Lipinski definition) is 2. The first kappa shape index (κ1) is 14.9. The summed E-state index contributed by atoms with van der Waals surface area (Å²) >= 11 is 0. The smallest absolute Gasteiger partial charge is 0.336 e. The van der Waals surface area contributed by atoms with Crippen molar-refractivity contribution in [3.05, 3.63) is 48.0 Å². The van der Waals surface area contributed by atoms with Crippen molar-refractivity contribution < 1.29 is 9.53 Å². The van der Waals surface area contributed by atoms with Crippen molar-refractivity contribution >= 4 is 13.2 Å². The topological polar surface area (TPSA) is 26.3 Å². The van der Waals surface area contributed by atoms with E-state index in [4.69, 9.17) is 4.74 Å². The Bertz CT molecular complexity index is 414. The molecule has 18 heavy (non-hydrogen) atoms. The summed E-state index contributed by atoms with van der Waals surface area (Å²) in [5.41, 5.74) is 1.79. The number of carbonyl (C=O) groups excluding carboxylic acids is 1. The number of hydrogen-bond donors (Lipinski definition) is 0. The Morgan fingerprint density at radius 3 is 2.44 bits per heavy atom. The molecule has 0 saturated heterocycles. The summed E-state index contributed by atoms with van der Waals surface area (Å²) in [6, 6.07) is 10.4. The number of ether oxygens (including phenoxy) is 1. The number of esters is 1. The van der Waals surface area contributed by atoms with Gasteiger partial charge in [-0.2, -0.15) is 0 Å². The molecule has 1 rings (SSSR count). The van der Waals surface area contributed by atoms with Gasteiger partial charge >= 0.3 is 5.97 Å². The van der Waals surface area contributed by atoms with Crippen molar-refractivity contribution in [2.45, 2.75) is 20.0 Å². The van der Waals surface area contributed by atoms with Crippen molar-refractivity contribution in [3.63, 3.8) is 0 Å². The minimum Gasteiger partial charge on any atom is -0.427 e. The van der Waals surface area contributed by atoms with Crippen LogP contribution in [0, 0.1) is 0 Å². The predicted octanol–water partition coefficient (Wildman–Crippen LogP) is 3.93. The van der Waals surface area contributed by atoms with Crippen LogP contribution in [0.1, 0.15) is 19.4 Å². The minimum absolute atomic E-state index is 0.275. The Kier molecular flexibility index (Phi) is 5.55. The molecule has 1 atom stereocenters. The summed E-state index contributed by atoms with van der Waals surface area (Å²) in [4.78, 5) is 11.5. The third-order valence-electron chi connectivity index (χ3n) is 3.03. The van der Waals surface area contributed by atoms with Crippen molar-refractivity contribution in [1.29, 1.82) is 0 Å². The molecule has 1 aromatic rings. The van der Waals surface area contributed by atoms with Crippen LogP contribution in [0.25, 0.3) is 0 Å². The average Bonchev–Trinajstić information content (AvgIpc) is 2.37. The van der Waals surface area contributed by atoms with E-state index in [0.29, 0.717) is 11.9 Å². The second kappa shape index (κ2) is 6.70. The maximum absolute atomic E-state index is 11.5. The lowest BCUT2D eigenvalue weighted by Crippen LogP contribution is -2.12. The first-order chi connectivity index (χ1) is 8.47. The molecule has 0 aliphatic heterocycles. The molecule has 98 valence electrons. The third-order valence-corrected chi connectivity index (χ3v) is 6.43. The SMILES string of the molecule is C=C(C)C(=O)OC[P+](C)(CC)Cc1ccccc1. The molecule has 0 aromatic heterocycles. The molecule has 0 bridgehead atoms. The number of rotatable bonds is 6. The van der Waals surface area contributed by atoms with E-state index in [1.165, 1.54) is 5.56 Å². The molecule has 1 aromatic carbocycles. The van der Waals surface area contributed by atoms with Gasteiger partial charge in [-0.3, -0.25) is 0 Å². The standard InChI is InChI=1S/C15H22O2P/c1-5-18(4,12-17-15(16)13(2)3)11-14-9-7-6-8-10-14/h6-10H,2,5,11-12H2,1,3-4H3/q+1. The molecular formula is C15H22O2P+. The van der Waals surface area contributed by atoms with Gasteiger partial charge in [0.2, 0.25) is 0 Å². The highest BCUT2D eigenvalue weighted by Crippen LogP contribution is 2.57. The van der Waals surface area contributed by atoms with Crippen LogP contribution in [0.4, 0.5) is 0 Å². The van der Waals surface area contributed by atoms with Crippen molar-refractivity contribution in [2.24, 2.45) is 0 Å². The molecular weight excluding hydrogens is 243 g/mol. The molecule has 0 aliphatic carbocycles. The predicted molar refractivity (Wildman–Crippen MR) is 79.3 cm³/mol. The molecule has 0 N–H and O–H groups in total. The molecule has 2 nitrogen and oxygen atoms in total. The minimum atomic E-state index is -1.25. The van der Waals surface area contributed by atoms with Gasteiger partial charge in [0.25, 0.3) is 0 Å². The Hall–Kier alpha value is -1.14. The van der Waals surface area contributed by atoms with Crippen LogP contribution < -0.4 is 0 Å². The quantitative estimate of drug-likeness (QED) is 0.442. The molecule has 0 spiro atoms. The Morgan fingerprint density at radius 1 is 1.33 bits per heavy atom. The second-order valence-corrected chi connectivity index (χ2v) is 9.37. The summed E-state index contributed by atoms with van der Waals surface area (Å²) in [6.45, 7) is 9.71. The van der Waals surface area contributed by atoms with Gasteiger partial charge in [-0.1, -0.05) is 36.9 Å². The van der Waals surface area contributed by atoms with Gasteiger partial charge in [-0.05, 0) is 19.4 Å². The van der Waals surface area contributed by atoms with Crippen LogP contribution in [0.15, 0.2) is 42.5 Å². The fourth-order valence-corrected chi connectivity index (χ4v) is 3.63. The second-order valence-electron chi connectivity index (χ2n) is 4.92. The van der Waals surface area contributed by atoms with E-state index >= 15 is 0 Å². The summed E-state index contributed by atoms with van der Waals surface area (Å²) in [6.07, 6.45) is 2.64. The average molecular weight is 265 g/mol. The molecule has 3 heteroatoms. The first-order valence-electron chi connectivity index (χ1n) is 6.17. The van der Waals surface area contributed by atoms with E-state index in [0.717, 1.165) is 12.3 Å². The lowest BCUT2D eigenvalue weighted by atomic mass is 10.2. The third kappa shape index (κ3) is 4.62. The van der Waals surface area contributed by atoms with Gasteiger partial charge in [-0.25, -0.2) is 4.79 Å². The van der Waals surface area contributed by atoms with Gasteiger partial charge in [0.15, 0.2) is 6.35 Å². The van der Waals surface area contributed by atoms with Crippen LogP contribution in [0.5, 0.6) is 0 Å². The van der Waals surface area contributed by atoms with Gasteiger partial charge in [-0.15, -0.1) is 0 Å². The van der Waals surface area contributed by atoms with E-state index in [2.05, 4.69) is 44.4 Å². The van der Waals surface area contributed by atoms with Crippen LogP contribution in [0.3, 0.4) is 0 Å². The number of benzene rings is 1. The fraction of sp³-hybridized carbons (Fsp3) is 0.400. The maximum Gasteiger partial charge on any atom is 0.336 e. The molecule has 0 saturated carbocycles. The molecule has 0 heterocycles. The van der Waals surface area contributed by atoms with E-state index in [9.17, 15) is 4.79 Å². The fourth-order valence-electron chi connectivity index (χ4n) is 1.61. The number of carbonyl (C=O) groups is 1. The lowest BCUT2D eigenvalue weighted by Gasteiger charge is -2.21. The molecule has 0 radical (unpaired) electrons. The first-order valence-corrected chi connectivity index (χ1v) is 8.96. The molecule has 0 fully saturated rings. The Balaban J connectivity index is 2.62. The van der Waals surface area contributed by atoms with Gasteiger partial charge in [0.1, 0.15) is 0 Å². The highest BCUT2D eigenvalue weighted by molar-refractivity contribution is 7.74. The lowest BCUT2D eigenvalue weighted by molar-refractivity contribution is -0.136. The normalized spacial score (nSPS) is 13.7. The summed E-state index contributed by atoms with van der Waals surface area (Å²) < 4.78 is 5.34. The molecule has 1 unspecified atom stereocenters. The maximum atomic E-state index is 11.5. The van der Waals surface area contributed by atoms with Crippen LogP contribution in [-0.4, -0.2) is 25.1 Å². The molecule has 0 aliphatic rings. The zero-order valence-electron chi connectivity index (χ0n) is 11.5. The summed E-state index contributed by atoms with van der Waals surface area (Å²) in [7, 11) is -1.25. The highest BCUT2D eigenvalue weighted by Gasteiger charge is 2.31. The van der Waals surface area contributed by atoms with E-state index < -0.39 is 7.26 Å². The van der Waals surface area contributed by atoms with Crippen molar-refractivity contribution in [2.75, 3.05) is 19.2 Å². The van der Waals surface area contributed by atoms with Gasteiger partial charge < -0.3 is 4.74 Å². The highest BCUT2D eigenvalue weighted by atomic mass is 31.2. The monoisotopic (exact) mass is 265 g/mol. The van der Waals surface area contributed by atoms with Crippen molar-refractivity contribution in [3.8, 4) is 0 Å².